The van der Waals surface area contributed by atoms with Gasteiger partial charge in [0.05, 0.1) is 17.6 Å². The number of aryl methyl sites for hydroxylation is 3. The van der Waals surface area contributed by atoms with Gasteiger partial charge in [-0.05, 0) is 84.4 Å². The Balaban J connectivity index is 1.21. The first-order valence-corrected chi connectivity index (χ1v) is 17.1. The molecule has 1 saturated heterocycles. The maximum Gasteiger partial charge on any atom is 0.322 e. The Morgan fingerprint density at radius 3 is 2.41 bits per heavy atom. The number of nitrogens with zero attached hydrogens (tertiary/aromatic N) is 3. The quantitative estimate of drug-likeness (QED) is 0.0958. The van der Waals surface area contributed by atoms with E-state index in [-0.39, 0.29) is 17.4 Å². The summed E-state index contributed by atoms with van der Waals surface area (Å²) >= 11 is 0. The molecule has 7 rings (SSSR count). The highest BCUT2D eigenvalue weighted by Gasteiger charge is 2.35. The van der Waals surface area contributed by atoms with E-state index in [4.69, 9.17) is 16.1 Å². The van der Waals surface area contributed by atoms with Gasteiger partial charge in [0, 0.05) is 30.3 Å². The summed E-state index contributed by atoms with van der Waals surface area (Å²) in [5.41, 5.74) is 12.2. The Bertz CT molecular complexity index is 2090. The van der Waals surface area contributed by atoms with Crippen LogP contribution in [0.15, 0.2) is 115 Å². The number of aromatic nitrogens is 2. The van der Waals surface area contributed by atoms with Crippen molar-refractivity contribution in [3.8, 4) is 0 Å². The molecule has 0 spiro atoms. The van der Waals surface area contributed by atoms with Gasteiger partial charge < -0.3 is 20.9 Å². The molecule has 5 aromatic carbocycles. The predicted octanol–water partition coefficient (Wildman–Crippen LogP) is 6.88. The van der Waals surface area contributed by atoms with Crippen LogP contribution in [0.3, 0.4) is 0 Å². The molecule has 0 aliphatic carbocycles. The molecule has 1 aliphatic rings. The normalized spacial score (nSPS) is 14.1. The molecular formula is C41H43N7O. The van der Waals surface area contributed by atoms with Gasteiger partial charge in [0.25, 0.3) is 0 Å². The Morgan fingerprint density at radius 2 is 1.63 bits per heavy atom. The topological polar surface area (TPSA) is 112 Å². The highest BCUT2D eigenvalue weighted by Crippen LogP contribution is 2.29. The van der Waals surface area contributed by atoms with Crippen LogP contribution in [0.2, 0.25) is 0 Å². The van der Waals surface area contributed by atoms with Crippen LogP contribution in [-0.4, -0.2) is 40.0 Å². The van der Waals surface area contributed by atoms with Gasteiger partial charge in [-0.2, -0.15) is 0 Å². The summed E-state index contributed by atoms with van der Waals surface area (Å²) in [6.07, 6.45) is 4.07. The number of carbonyl (C=O) groups excluding carboxylic acids is 1. The van der Waals surface area contributed by atoms with Gasteiger partial charge in [-0.3, -0.25) is 10.3 Å². The summed E-state index contributed by atoms with van der Waals surface area (Å²) in [5, 5.41) is 17.0. The molecule has 0 saturated carbocycles. The van der Waals surface area contributed by atoms with Crippen molar-refractivity contribution in [2.75, 3.05) is 18.0 Å². The molecule has 5 N–H and O–H groups in total. The summed E-state index contributed by atoms with van der Waals surface area (Å²) in [4.78, 5) is 21.6. The number of anilines is 1. The van der Waals surface area contributed by atoms with Crippen LogP contribution >= 0.6 is 0 Å². The number of nitrogens with two attached hydrogens (primary N) is 1. The summed E-state index contributed by atoms with van der Waals surface area (Å²) < 4.78 is 2.14. The molecule has 248 valence electrons. The fraction of sp³-hybridized carbons (Fsp3) is 0.244. The molecule has 0 unspecified atom stereocenters. The number of amides is 2. The van der Waals surface area contributed by atoms with Crippen LogP contribution < -0.4 is 21.3 Å². The Kier molecular flexibility index (Phi) is 9.13. The molecule has 2 heterocycles. The Labute approximate surface area is 287 Å². The minimum Gasteiger partial charge on any atom is -0.384 e. The number of imidazole rings is 1. The number of rotatable bonds is 10. The van der Waals surface area contributed by atoms with Gasteiger partial charge in [0.2, 0.25) is 0 Å². The number of carbonyl (C=O) groups is 1. The molecule has 1 fully saturated rings. The molecular weight excluding hydrogens is 606 g/mol. The number of hydrogen-bond acceptors (Lipinski definition) is 4. The molecule has 0 atom stereocenters. The lowest BCUT2D eigenvalue weighted by Crippen LogP contribution is -2.58. The molecule has 2 amide bonds. The molecule has 0 radical (unpaired) electrons. The highest BCUT2D eigenvalue weighted by molar-refractivity contribution is 5.96. The van der Waals surface area contributed by atoms with E-state index in [1.807, 2.05) is 48.3 Å². The average Bonchev–Trinajstić information content (AvgIpc) is 3.44. The van der Waals surface area contributed by atoms with Crippen LogP contribution in [0.1, 0.15) is 40.9 Å². The lowest BCUT2D eigenvalue weighted by atomic mass is 9.82. The third-order valence-corrected chi connectivity index (χ3v) is 9.94. The minimum absolute atomic E-state index is 0.0722. The van der Waals surface area contributed by atoms with E-state index in [9.17, 15) is 4.79 Å². The van der Waals surface area contributed by atoms with Crippen LogP contribution in [0.4, 0.5) is 10.5 Å². The van der Waals surface area contributed by atoms with Gasteiger partial charge in [-0.1, -0.05) is 97.1 Å². The largest absolute Gasteiger partial charge is 0.384 e. The van der Waals surface area contributed by atoms with E-state index < -0.39 is 0 Å². The van der Waals surface area contributed by atoms with Gasteiger partial charge >= 0.3 is 6.03 Å². The molecule has 1 aliphatic heterocycles. The van der Waals surface area contributed by atoms with Crippen molar-refractivity contribution in [3.05, 3.63) is 143 Å². The van der Waals surface area contributed by atoms with Gasteiger partial charge in [0.15, 0.2) is 0 Å². The fourth-order valence-corrected chi connectivity index (χ4v) is 7.15. The van der Waals surface area contributed by atoms with Crippen LogP contribution in [0, 0.1) is 5.41 Å². The monoisotopic (exact) mass is 649 g/mol. The summed E-state index contributed by atoms with van der Waals surface area (Å²) in [5.74, 6) is 1.05. The number of hydrogen-bond donors (Lipinski definition) is 4. The second-order valence-corrected chi connectivity index (χ2v) is 13.2. The van der Waals surface area contributed by atoms with Crippen molar-refractivity contribution in [1.82, 2.24) is 20.2 Å². The number of benzene rings is 5. The number of amidine groups is 1. The number of urea groups is 1. The van der Waals surface area contributed by atoms with Crippen molar-refractivity contribution in [1.29, 1.82) is 5.41 Å². The van der Waals surface area contributed by atoms with Crippen molar-refractivity contribution < 1.29 is 4.79 Å². The number of nitrogen functional groups attached to an aromatic ring is 1. The van der Waals surface area contributed by atoms with Crippen molar-refractivity contribution in [2.45, 2.75) is 44.2 Å². The minimum atomic E-state index is -0.356. The fourth-order valence-electron chi connectivity index (χ4n) is 7.15. The van der Waals surface area contributed by atoms with Gasteiger partial charge in [-0.25, -0.2) is 9.78 Å². The van der Waals surface area contributed by atoms with Crippen LogP contribution in [0.25, 0.3) is 21.8 Å². The van der Waals surface area contributed by atoms with Crippen molar-refractivity contribution in [3.63, 3.8) is 0 Å². The Hall–Kier alpha value is -5.47. The zero-order chi connectivity index (χ0) is 33.8. The first-order chi connectivity index (χ1) is 23.9. The SMILES string of the molecule is Cn1c(CCc2ccc(C(=N)N)cc2)nc2cc(N(Cc3cccc4ccccc34)C(=O)NC3(Cc4ccccc4)CCNCC3)ccc21. The second kappa shape index (κ2) is 13.9. The summed E-state index contributed by atoms with van der Waals surface area (Å²) in [6.45, 7) is 2.15. The molecule has 49 heavy (non-hydrogen) atoms. The third-order valence-electron chi connectivity index (χ3n) is 9.94. The number of nitrogens with one attached hydrogen (secondary N) is 3. The maximum absolute atomic E-state index is 14.6. The lowest BCUT2D eigenvalue weighted by molar-refractivity contribution is 0.210. The van der Waals surface area contributed by atoms with Crippen LogP contribution in [-0.2, 0) is 32.9 Å². The third kappa shape index (κ3) is 7.05. The number of fused-ring (bicyclic) bond motifs is 2. The van der Waals surface area contributed by atoms with E-state index >= 15 is 0 Å². The molecule has 0 bridgehead atoms. The first-order valence-electron chi connectivity index (χ1n) is 17.1. The van der Waals surface area contributed by atoms with Crippen molar-refractivity contribution in [2.24, 2.45) is 12.8 Å². The first kappa shape index (κ1) is 32.1. The molecule has 1 aromatic heterocycles. The van der Waals surface area contributed by atoms with E-state index in [0.717, 1.165) is 95.2 Å². The average molecular weight is 650 g/mol. The van der Waals surface area contributed by atoms with Gasteiger partial charge in [0.1, 0.15) is 11.7 Å². The molecule has 8 nitrogen and oxygen atoms in total. The standard InChI is InChI=1S/C41H43N7O/c1-47-37-20-19-34(26-36(37)45-38(47)21-16-29-14-17-32(18-15-29)39(42)43)48(28-33-12-7-11-31-10-5-6-13-35(31)33)40(49)46-41(22-24-44-25-23-41)27-30-8-3-2-4-9-30/h2-15,17-20,26,44H,16,21-25,27-28H2,1H3,(H3,42,43)(H,46,49). The van der Waals surface area contributed by atoms with E-state index in [2.05, 4.69) is 94.1 Å². The zero-order valence-corrected chi connectivity index (χ0v) is 28.0. The van der Waals surface area contributed by atoms with E-state index in [1.54, 1.807) is 0 Å². The second-order valence-electron chi connectivity index (χ2n) is 13.2. The van der Waals surface area contributed by atoms with Crippen molar-refractivity contribution >= 4 is 39.4 Å². The zero-order valence-electron chi connectivity index (χ0n) is 28.0. The Morgan fingerprint density at radius 1 is 0.898 bits per heavy atom. The van der Waals surface area contributed by atoms with E-state index in [0.29, 0.717) is 6.54 Å². The summed E-state index contributed by atoms with van der Waals surface area (Å²) in [6, 6.07) is 39.0. The van der Waals surface area contributed by atoms with Crippen LogP contribution in [0.5, 0.6) is 0 Å². The van der Waals surface area contributed by atoms with E-state index in [1.165, 1.54) is 5.56 Å². The number of piperidine rings is 1. The predicted molar refractivity (Wildman–Crippen MR) is 199 cm³/mol. The highest BCUT2D eigenvalue weighted by atomic mass is 16.2. The lowest BCUT2D eigenvalue weighted by Gasteiger charge is -2.40. The molecule has 8 heteroatoms. The van der Waals surface area contributed by atoms with Gasteiger partial charge in [-0.15, -0.1) is 0 Å². The maximum atomic E-state index is 14.6. The summed E-state index contributed by atoms with van der Waals surface area (Å²) in [7, 11) is 2.05. The smallest absolute Gasteiger partial charge is 0.322 e. The molecule has 6 aromatic rings.